The standard InChI is InChI=1S/C30H33BrN2O3/c1-22-11-13-24(14-12-22)20-33(29(34)21-36-27-17-15-25(31)16-18-27)28(19-23-7-3-2-4-8-23)30(35)32-26-9-5-6-10-26/h2-4,7-8,11-18,26,28H,5-6,9-10,19-21H2,1H3,(H,32,35)/t28-/m0/s1. The van der Waals surface area contributed by atoms with Crippen LogP contribution in [-0.2, 0) is 22.6 Å². The molecule has 1 saturated carbocycles. The molecule has 0 saturated heterocycles. The lowest BCUT2D eigenvalue weighted by Crippen LogP contribution is -2.53. The molecule has 0 radical (unpaired) electrons. The Hall–Kier alpha value is -3.12. The first-order chi connectivity index (χ1) is 17.5. The zero-order valence-corrected chi connectivity index (χ0v) is 22.2. The quantitative estimate of drug-likeness (QED) is 0.346. The molecule has 0 unspecified atom stereocenters. The van der Waals surface area contributed by atoms with Crippen molar-refractivity contribution in [3.8, 4) is 5.75 Å². The monoisotopic (exact) mass is 548 g/mol. The molecule has 3 aromatic carbocycles. The van der Waals surface area contributed by atoms with Crippen molar-refractivity contribution >= 4 is 27.7 Å². The number of carbonyl (C=O) groups excluding carboxylic acids is 2. The van der Waals surface area contributed by atoms with E-state index < -0.39 is 6.04 Å². The predicted octanol–water partition coefficient (Wildman–Crippen LogP) is 5.84. The fourth-order valence-electron chi connectivity index (χ4n) is 4.57. The third kappa shape index (κ3) is 7.44. The summed E-state index contributed by atoms with van der Waals surface area (Å²) in [6.45, 7) is 2.22. The van der Waals surface area contributed by atoms with Gasteiger partial charge in [0.1, 0.15) is 11.8 Å². The summed E-state index contributed by atoms with van der Waals surface area (Å²) >= 11 is 3.42. The summed E-state index contributed by atoms with van der Waals surface area (Å²) in [6.07, 6.45) is 4.67. The van der Waals surface area contributed by atoms with Crippen LogP contribution in [0.25, 0.3) is 0 Å². The van der Waals surface area contributed by atoms with Crippen molar-refractivity contribution in [2.75, 3.05) is 6.61 Å². The van der Waals surface area contributed by atoms with E-state index in [0.29, 0.717) is 18.7 Å². The first-order valence-electron chi connectivity index (χ1n) is 12.6. The molecule has 2 amide bonds. The number of hydrogen-bond donors (Lipinski definition) is 1. The second kappa shape index (κ2) is 12.7. The summed E-state index contributed by atoms with van der Waals surface area (Å²) in [4.78, 5) is 29.0. The molecular weight excluding hydrogens is 516 g/mol. The van der Waals surface area contributed by atoms with E-state index in [4.69, 9.17) is 4.74 Å². The molecule has 5 nitrogen and oxygen atoms in total. The highest BCUT2D eigenvalue weighted by Gasteiger charge is 2.32. The van der Waals surface area contributed by atoms with Gasteiger partial charge in [-0.05, 0) is 55.2 Å². The molecule has 188 valence electrons. The van der Waals surface area contributed by atoms with Crippen molar-refractivity contribution in [3.63, 3.8) is 0 Å². The highest BCUT2D eigenvalue weighted by atomic mass is 79.9. The third-order valence-electron chi connectivity index (χ3n) is 6.62. The molecule has 1 aliphatic carbocycles. The summed E-state index contributed by atoms with van der Waals surface area (Å²) in [6, 6.07) is 24.9. The van der Waals surface area contributed by atoms with Gasteiger partial charge >= 0.3 is 0 Å². The van der Waals surface area contributed by atoms with Crippen LogP contribution in [0.15, 0.2) is 83.3 Å². The van der Waals surface area contributed by atoms with E-state index in [0.717, 1.165) is 46.8 Å². The van der Waals surface area contributed by atoms with E-state index in [1.807, 2.05) is 85.8 Å². The van der Waals surface area contributed by atoms with Gasteiger partial charge in [-0.2, -0.15) is 0 Å². The summed E-state index contributed by atoms with van der Waals surface area (Å²) in [7, 11) is 0. The van der Waals surface area contributed by atoms with Crippen LogP contribution in [0, 0.1) is 6.92 Å². The first kappa shape index (κ1) is 26.0. The number of halogens is 1. The maximum Gasteiger partial charge on any atom is 0.261 e. The number of benzene rings is 3. The minimum absolute atomic E-state index is 0.102. The molecule has 4 rings (SSSR count). The highest BCUT2D eigenvalue weighted by molar-refractivity contribution is 9.10. The molecular formula is C30H33BrN2O3. The van der Waals surface area contributed by atoms with E-state index in [1.54, 1.807) is 4.90 Å². The molecule has 0 heterocycles. The number of ether oxygens (including phenoxy) is 1. The van der Waals surface area contributed by atoms with E-state index >= 15 is 0 Å². The SMILES string of the molecule is Cc1ccc(CN(C(=O)COc2ccc(Br)cc2)[C@@H](Cc2ccccc2)C(=O)NC2CCCC2)cc1. The number of nitrogens with one attached hydrogen (secondary N) is 1. The van der Waals surface area contributed by atoms with Crippen molar-refractivity contribution in [1.29, 1.82) is 0 Å². The molecule has 36 heavy (non-hydrogen) atoms. The maximum atomic E-state index is 13.7. The molecule has 1 N–H and O–H groups in total. The fraction of sp³-hybridized carbons (Fsp3) is 0.333. The highest BCUT2D eigenvalue weighted by Crippen LogP contribution is 2.21. The van der Waals surface area contributed by atoms with Crippen LogP contribution >= 0.6 is 15.9 Å². The second-order valence-electron chi connectivity index (χ2n) is 9.45. The van der Waals surface area contributed by atoms with Crippen molar-refractivity contribution in [2.24, 2.45) is 0 Å². The Bertz CT molecular complexity index is 1130. The Kier molecular flexibility index (Phi) is 9.17. The Labute approximate surface area is 222 Å². The lowest BCUT2D eigenvalue weighted by Gasteiger charge is -2.32. The van der Waals surface area contributed by atoms with Crippen LogP contribution in [0.2, 0.25) is 0 Å². The number of aryl methyl sites for hydroxylation is 1. The summed E-state index contributed by atoms with van der Waals surface area (Å²) in [5.41, 5.74) is 3.14. The van der Waals surface area contributed by atoms with Crippen LogP contribution in [0.3, 0.4) is 0 Å². The number of hydrogen-bond acceptors (Lipinski definition) is 3. The van der Waals surface area contributed by atoms with Crippen LogP contribution in [0.5, 0.6) is 5.75 Å². The minimum Gasteiger partial charge on any atom is -0.484 e. The Balaban J connectivity index is 1.59. The molecule has 1 atom stereocenters. The first-order valence-corrected chi connectivity index (χ1v) is 13.3. The minimum atomic E-state index is -0.643. The van der Waals surface area contributed by atoms with Gasteiger partial charge in [0, 0.05) is 23.5 Å². The lowest BCUT2D eigenvalue weighted by atomic mass is 10.0. The number of amides is 2. The summed E-state index contributed by atoms with van der Waals surface area (Å²) in [5.74, 6) is 0.285. The van der Waals surface area contributed by atoms with E-state index in [2.05, 4.69) is 21.2 Å². The van der Waals surface area contributed by atoms with Gasteiger partial charge in [0.25, 0.3) is 5.91 Å². The number of nitrogens with zero attached hydrogens (tertiary/aromatic N) is 1. The van der Waals surface area contributed by atoms with Gasteiger partial charge in [0.05, 0.1) is 0 Å². The smallest absolute Gasteiger partial charge is 0.261 e. The average Bonchev–Trinajstić information content (AvgIpc) is 3.40. The molecule has 3 aromatic rings. The molecule has 0 aromatic heterocycles. The zero-order valence-electron chi connectivity index (χ0n) is 20.7. The topological polar surface area (TPSA) is 58.6 Å². The maximum absolute atomic E-state index is 13.7. The second-order valence-corrected chi connectivity index (χ2v) is 10.4. The van der Waals surface area contributed by atoms with Gasteiger partial charge in [-0.25, -0.2) is 0 Å². The lowest BCUT2D eigenvalue weighted by molar-refractivity contribution is -0.143. The Morgan fingerprint density at radius 1 is 0.944 bits per heavy atom. The molecule has 0 aliphatic heterocycles. The molecule has 6 heteroatoms. The number of rotatable bonds is 10. The van der Waals surface area contributed by atoms with Gasteiger partial charge in [-0.15, -0.1) is 0 Å². The van der Waals surface area contributed by atoms with Crippen LogP contribution in [0.4, 0.5) is 0 Å². The summed E-state index contributed by atoms with van der Waals surface area (Å²) in [5, 5.41) is 3.23. The van der Waals surface area contributed by atoms with Gasteiger partial charge in [0.15, 0.2) is 6.61 Å². The van der Waals surface area contributed by atoms with Gasteiger partial charge in [-0.3, -0.25) is 9.59 Å². The third-order valence-corrected chi connectivity index (χ3v) is 7.15. The summed E-state index contributed by atoms with van der Waals surface area (Å²) < 4.78 is 6.77. The van der Waals surface area contributed by atoms with Gasteiger partial charge in [-0.1, -0.05) is 88.9 Å². The van der Waals surface area contributed by atoms with E-state index in [1.165, 1.54) is 0 Å². The number of carbonyl (C=O) groups is 2. The van der Waals surface area contributed by atoms with Crippen LogP contribution < -0.4 is 10.1 Å². The normalized spacial score (nSPS) is 14.3. The fourth-order valence-corrected chi connectivity index (χ4v) is 4.83. The van der Waals surface area contributed by atoms with Crippen LogP contribution in [0.1, 0.15) is 42.4 Å². The van der Waals surface area contributed by atoms with Crippen molar-refractivity contribution < 1.29 is 14.3 Å². The largest absolute Gasteiger partial charge is 0.484 e. The Morgan fingerprint density at radius 3 is 2.28 bits per heavy atom. The van der Waals surface area contributed by atoms with Crippen molar-refractivity contribution in [3.05, 3.63) is 100 Å². The molecule has 0 spiro atoms. The predicted molar refractivity (Wildman–Crippen MR) is 146 cm³/mol. The van der Waals surface area contributed by atoms with E-state index in [-0.39, 0.29) is 24.5 Å². The van der Waals surface area contributed by atoms with E-state index in [9.17, 15) is 9.59 Å². The molecule has 0 bridgehead atoms. The van der Waals surface area contributed by atoms with Gasteiger partial charge < -0.3 is 15.0 Å². The van der Waals surface area contributed by atoms with Gasteiger partial charge in [0.2, 0.25) is 5.91 Å². The van der Waals surface area contributed by atoms with Crippen molar-refractivity contribution in [1.82, 2.24) is 10.2 Å². The molecule has 1 fully saturated rings. The average molecular weight is 550 g/mol. The van der Waals surface area contributed by atoms with Crippen molar-refractivity contribution in [2.45, 2.75) is 57.7 Å². The van der Waals surface area contributed by atoms with Crippen LogP contribution in [-0.4, -0.2) is 35.4 Å². The Morgan fingerprint density at radius 2 is 1.61 bits per heavy atom. The molecule has 1 aliphatic rings. The zero-order chi connectivity index (χ0) is 25.3.